The molecule has 5 heterocycles. The number of ether oxygens (including phenoxy) is 2. The number of esters is 2. The molecule has 2 aliphatic heterocycles. The number of nitrogens with one attached hydrogen (secondary N) is 2. The number of amides is 1. The number of H-pyrrole nitrogens is 2. The maximum Gasteiger partial charge on any atom is 0.305 e. The molecule has 0 saturated carbocycles. The molecule has 3 aromatic rings. The maximum atomic E-state index is 13.5. The van der Waals surface area contributed by atoms with Gasteiger partial charge in [-0.3, -0.25) is 19.4 Å². The molecule has 10 nitrogen and oxygen atoms in total. The van der Waals surface area contributed by atoms with Crippen molar-refractivity contribution in [1.82, 2.24) is 24.8 Å². The number of nitrogens with zero attached hydrogens (tertiary/aromatic N) is 3. The van der Waals surface area contributed by atoms with Crippen molar-refractivity contribution in [3.8, 4) is 0 Å². The summed E-state index contributed by atoms with van der Waals surface area (Å²) in [7, 11) is 6.45. The lowest BCUT2D eigenvalue weighted by molar-refractivity contribution is -0.141. The van der Waals surface area contributed by atoms with Crippen molar-refractivity contribution in [3.63, 3.8) is 0 Å². The number of methoxy groups -OCH3 is 2. The highest BCUT2D eigenvalue weighted by atomic mass is 16.5. The Morgan fingerprint density at radius 2 is 1.49 bits per heavy atom. The number of aryl methyl sites for hydroxylation is 3. The zero-order valence-electron chi connectivity index (χ0n) is 33.1. The molecule has 2 atom stereocenters. The molecule has 0 aliphatic carbocycles. The van der Waals surface area contributed by atoms with Crippen LogP contribution in [0.2, 0.25) is 0 Å². The van der Waals surface area contributed by atoms with E-state index in [2.05, 4.69) is 61.9 Å². The van der Waals surface area contributed by atoms with Crippen LogP contribution in [0.15, 0.2) is 30.3 Å². The van der Waals surface area contributed by atoms with Crippen LogP contribution < -0.4 is 0 Å². The molecule has 0 radical (unpaired) electrons. The van der Waals surface area contributed by atoms with Gasteiger partial charge in [0.15, 0.2) is 0 Å². The molecular weight excluding hydrogens is 667 g/mol. The molecule has 2 aliphatic rings. The van der Waals surface area contributed by atoms with Gasteiger partial charge in [0.1, 0.15) is 0 Å². The quantitative estimate of drug-likeness (QED) is 0.126. The van der Waals surface area contributed by atoms with Crippen LogP contribution >= 0.6 is 0 Å². The molecule has 8 bridgehead atoms. The third-order valence-corrected chi connectivity index (χ3v) is 11.2. The van der Waals surface area contributed by atoms with Crippen LogP contribution in [-0.2, 0) is 35.7 Å². The monoisotopic (exact) mass is 723 g/mol. The Morgan fingerprint density at radius 1 is 0.811 bits per heavy atom. The minimum Gasteiger partial charge on any atom is -0.469 e. The molecule has 0 spiro atoms. The fourth-order valence-corrected chi connectivity index (χ4v) is 7.81. The van der Waals surface area contributed by atoms with E-state index in [4.69, 9.17) is 19.4 Å². The molecule has 0 fully saturated rings. The van der Waals surface area contributed by atoms with E-state index in [0.717, 1.165) is 91.9 Å². The van der Waals surface area contributed by atoms with Gasteiger partial charge >= 0.3 is 11.9 Å². The highest BCUT2D eigenvalue weighted by Gasteiger charge is 2.44. The summed E-state index contributed by atoms with van der Waals surface area (Å²) in [5, 5.41) is 0. The minimum absolute atomic E-state index is 0.0113. The second kappa shape index (κ2) is 16.9. The number of allylic oxidation sites excluding steroid dienone is 2. The summed E-state index contributed by atoms with van der Waals surface area (Å²) < 4.78 is 10.0. The molecule has 2 N–H and O–H groups in total. The van der Waals surface area contributed by atoms with E-state index >= 15 is 0 Å². The number of carbonyl (C=O) groups excluding carboxylic acids is 3. The summed E-state index contributed by atoms with van der Waals surface area (Å²) in [6, 6.07) is 10.5. The second-order valence-corrected chi connectivity index (χ2v) is 15.2. The fourth-order valence-electron chi connectivity index (χ4n) is 7.81. The normalized spacial score (nSPS) is 16.9. The van der Waals surface area contributed by atoms with Crippen LogP contribution in [0.3, 0.4) is 0 Å². The van der Waals surface area contributed by atoms with E-state index in [1.807, 2.05) is 27.1 Å². The van der Waals surface area contributed by atoms with E-state index in [1.165, 1.54) is 33.5 Å². The molecule has 5 rings (SSSR count). The van der Waals surface area contributed by atoms with Crippen LogP contribution in [0.4, 0.5) is 0 Å². The molecular formula is C43H57N5O5. The third kappa shape index (κ3) is 8.74. The summed E-state index contributed by atoms with van der Waals surface area (Å²) in [4.78, 5) is 57.7. The first-order valence-electron chi connectivity index (χ1n) is 19.1. The minimum atomic E-state index is -0.537. The Hall–Kier alpha value is -4.73. The van der Waals surface area contributed by atoms with Gasteiger partial charge in [0.05, 0.1) is 25.6 Å². The Morgan fingerprint density at radius 3 is 2.17 bits per heavy atom. The summed E-state index contributed by atoms with van der Waals surface area (Å²) in [6.45, 7) is 10.6. The standard InChI is InChI=1S/C43H57N5O5/c1-10-11-12-13-14-15-32-38-23-35-28(4)31(17-19-42(51)53-9)37(46-35)24-36-30(16-18-41(50)52-8)27(3)34(45-36)22-33-26(2)20-29(44-33)21-39(47-38)43(32,5)25-40(49)48(6)7/h20-24,32,44,46H,10-19,25H2,1-9H3/t32-,43+/m1/s1. The van der Waals surface area contributed by atoms with Gasteiger partial charge in [-0.1, -0.05) is 46.0 Å². The SMILES string of the molecule is CCCCCCC[C@@H]1c2cc3[nH]c(cc4nc(cc5[nH]c(cc(n2)[C@@]1(C)CC(=O)N(C)C)cc5C)C(C)=C4CCC(=O)OC)c(CCC(=O)OC)c3C. The average molecular weight is 724 g/mol. The molecule has 1 amide bonds. The number of hydrogen-bond donors (Lipinski definition) is 2. The van der Waals surface area contributed by atoms with E-state index in [1.54, 1.807) is 4.90 Å². The Bertz CT molecular complexity index is 2050. The average Bonchev–Trinajstić information content (AvgIpc) is 3.79. The summed E-state index contributed by atoms with van der Waals surface area (Å²) >= 11 is 0. The molecule has 284 valence electrons. The zero-order chi connectivity index (χ0) is 38.4. The Kier molecular flexibility index (Phi) is 12.6. The van der Waals surface area contributed by atoms with Crippen LogP contribution in [0.5, 0.6) is 0 Å². The Balaban J connectivity index is 1.83. The maximum absolute atomic E-state index is 13.5. The predicted molar refractivity (Wildman–Crippen MR) is 211 cm³/mol. The summed E-state index contributed by atoms with van der Waals surface area (Å²) in [5.41, 5.74) is 11.5. The second-order valence-electron chi connectivity index (χ2n) is 15.2. The largest absolute Gasteiger partial charge is 0.469 e. The van der Waals surface area contributed by atoms with Gasteiger partial charge in [-0.05, 0) is 98.2 Å². The van der Waals surface area contributed by atoms with Crippen molar-refractivity contribution in [1.29, 1.82) is 0 Å². The fraction of sp³-hybridized carbons (Fsp3) is 0.512. The van der Waals surface area contributed by atoms with E-state index in [0.29, 0.717) is 19.3 Å². The van der Waals surface area contributed by atoms with Crippen molar-refractivity contribution in [2.24, 2.45) is 0 Å². The Labute approximate surface area is 313 Å². The van der Waals surface area contributed by atoms with E-state index in [9.17, 15) is 14.4 Å². The molecule has 0 aromatic carbocycles. The van der Waals surface area contributed by atoms with E-state index in [-0.39, 0.29) is 36.6 Å². The summed E-state index contributed by atoms with van der Waals surface area (Å²) in [5.74, 6) is -0.474. The number of aromatic amines is 2. The molecule has 3 aromatic heterocycles. The van der Waals surface area contributed by atoms with Crippen LogP contribution in [0.1, 0.15) is 130 Å². The van der Waals surface area contributed by atoms with Gasteiger partial charge in [-0.15, -0.1) is 0 Å². The first-order valence-corrected chi connectivity index (χ1v) is 19.1. The number of rotatable bonds is 14. The third-order valence-electron chi connectivity index (χ3n) is 11.2. The molecule has 0 unspecified atom stereocenters. The number of hydrogen-bond acceptors (Lipinski definition) is 7. The van der Waals surface area contributed by atoms with Crippen LogP contribution in [-0.4, -0.2) is 71.0 Å². The van der Waals surface area contributed by atoms with Gasteiger partial charge in [-0.25, -0.2) is 4.98 Å². The summed E-state index contributed by atoms with van der Waals surface area (Å²) in [6.07, 6.45) is 8.41. The van der Waals surface area contributed by atoms with Gasteiger partial charge in [0.2, 0.25) is 5.91 Å². The van der Waals surface area contributed by atoms with Crippen molar-refractivity contribution in [3.05, 3.63) is 69.8 Å². The number of carbonyl (C=O) groups is 3. The topological polar surface area (TPSA) is 130 Å². The zero-order valence-corrected chi connectivity index (χ0v) is 33.1. The number of aromatic nitrogens is 4. The number of unbranched alkanes of at least 4 members (excludes halogenated alkanes) is 4. The lowest BCUT2D eigenvalue weighted by atomic mass is 9.70. The van der Waals surface area contributed by atoms with E-state index < -0.39 is 5.41 Å². The van der Waals surface area contributed by atoms with Crippen molar-refractivity contribution in [2.75, 3.05) is 28.3 Å². The molecule has 0 saturated heterocycles. The van der Waals surface area contributed by atoms with Gasteiger partial charge in [-0.2, -0.15) is 0 Å². The lowest BCUT2D eigenvalue weighted by Crippen LogP contribution is -2.34. The molecule has 53 heavy (non-hydrogen) atoms. The van der Waals surface area contributed by atoms with Crippen LogP contribution in [0, 0.1) is 13.8 Å². The predicted octanol–water partition coefficient (Wildman–Crippen LogP) is 8.80. The highest BCUT2D eigenvalue weighted by Crippen LogP contribution is 2.48. The van der Waals surface area contributed by atoms with Crippen LogP contribution in [0.25, 0.3) is 33.2 Å². The first-order chi connectivity index (χ1) is 25.3. The van der Waals surface area contributed by atoms with Gasteiger partial charge in [0, 0.05) is 78.1 Å². The first kappa shape index (κ1) is 39.5. The highest BCUT2D eigenvalue weighted by molar-refractivity contribution is 5.94. The van der Waals surface area contributed by atoms with Gasteiger partial charge < -0.3 is 24.3 Å². The molecule has 10 heteroatoms. The van der Waals surface area contributed by atoms with Gasteiger partial charge in [0.25, 0.3) is 0 Å². The lowest BCUT2D eigenvalue weighted by Gasteiger charge is -2.32. The smallest absolute Gasteiger partial charge is 0.305 e. The number of fused-ring (bicyclic) bond motifs is 8. The van der Waals surface area contributed by atoms with Crippen molar-refractivity contribution < 1.29 is 23.9 Å². The van der Waals surface area contributed by atoms with Crippen molar-refractivity contribution in [2.45, 2.75) is 117 Å². The van der Waals surface area contributed by atoms with Crippen molar-refractivity contribution >= 4 is 51.1 Å².